The van der Waals surface area contributed by atoms with Gasteiger partial charge in [0.1, 0.15) is 18.1 Å². The Hall–Kier alpha value is -2.54. The lowest BCUT2D eigenvalue weighted by Gasteiger charge is -2.28. The van der Waals surface area contributed by atoms with E-state index in [4.69, 9.17) is 17.2 Å². The van der Waals surface area contributed by atoms with Crippen LogP contribution in [0.5, 0.6) is 0 Å². The van der Waals surface area contributed by atoms with Gasteiger partial charge >= 0.3 is 5.97 Å². The molecule has 4 atom stereocenters. The number of amides is 3. The molecule has 32 heavy (non-hydrogen) atoms. The topological polar surface area (TPSA) is 206 Å². The maximum absolute atomic E-state index is 12.9. The number of aliphatic carboxylic acids is 1. The Morgan fingerprint density at radius 2 is 1.88 bits per heavy atom. The Labute approximate surface area is 192 Å². The van der Waals surface area contributed by atoms with Gasteiger partial charge in [-0.15, -0.1) is 0 Å². The molecule has 0 aliphatic carbocycles. The molecule has 0 saturated carbocycles. The van der Waals surface area contributed by atoms with Gasteiger partial charge in [0.25, 0.3) is 0 Å². The SMILES string of the molecule is CSCCC(NC(=O)C1CCCN1C(=O)C(C)N)C(=O)NC(CCCN=C(N)N)C(=O)O. The largest absolute Gasteiger partial charge is 0.480 e. The highest BCUT2D eigenvalue weighted by molar-refractivity contribution is 7.98. The number of aliphatic imine (C=N–C) groups is 1. The average molecular weight is 474 g/mol. The number of nitrogens with two attached hydrogens (primary N) is 3. The van der Waals surface area contributed by atoms with E-state index < -0.39 is 42.0 Å². The summed E-state index contributed by atoms with van der Waals surface area (Å²) in [5.41, 5.74) is 16.2. The Morgan fingerprint density at radius 3 is 2.44 bits per heavy atom. The van der Waals surface area contributed by atoms with E-state index in [1.807, 2.05) is 6.26 Å². The molecule has 0 radical (unpaired) electrons. The summed E-state index contributed by atoms with van der Waals surface area (Å²) in [7, 11) is 0. The predicted molar refractivity (Wildman–Crippen MR) is 123 cm³/mol. The Morgan fingerprint density at radius 1 is 1.19 bits per heavy atom. The van der Waals surface area contributed by atoms with Crippen molar-refractivity contribution in [3.63, 3.8) is 0 Å². The average Bonchev–Trinajstić information content (AvgIpc) is 3.21. The van der Waals surface area contributed by atoms with Crippen LogP contribution in [0.15, 0.2) is 4.99 Å². The minimum Gasteiger partial charge on any atom is -0.480 e. The van der Waals surface area contributed by atoms with Gasteiger partial charge in [-0.2, -0.15) is 11.8 Å². The standard InChI is InChI=1S/C19H35N7O5S/c1-11(20)17(29)26-9-4-6-14(26)16(28)24-12(7-10-32-2)15(27)25-13(18(30)31)5-3-8-23-19(21)22/h11-14H,3-10,20H2,1-2H3,(H,24,28)(H,25,27)(H,30,31)(H4,21,22,23). The second-order valence-corrected chi connectivity index (χ2v) is 8.65. The minimum atomic E-state index is -1.19. The van der Waals surface area contributed by atoms with Gasteiger partial charge in [0.15, 0.2) is 5.96 Å². The van der Waals surface area contributed by atoms with Crippen molar-refractivity contribution < 1.29 is 24.3 Å². The summed E-state index contributed by atoms with van der Waals surface area (Å²) in [6.45, 7) is 2.22. The number of nitrogens with one attached hydrogen (secondary N) is 2. The third kappa shape index (κ3) is 8.91. The number of guanidine groups is 1. The van der Waals surface area contributed by atoms with Crippen molar-refractivity contribution in [2.75, 3.05) is 25.1 Å². The number of carbonyl (C=O) groups is 4. The van der Waals surface area contributed by atoms with Crippen LogP contribution in [0.25, 0.3) is 0 Å². The third-order valence-electron chi connectivity index (χ3n) is 5.03. The molecule has 1 aliphatic heterocycles. The molecule has 1 aliphatic rings. The van der Waals surface area contributed by atoms with Crippen LogP contribution < -0.4 is 27.8 Å². The van der Waals surface area contributed by atoms with Crippen LogP contribution in [0.4, 0.5) is 0 Å². The van der Waals surface area contributed by atoms with Gasteiger partial charge in [-0.1, -0.05) is 0 Å². The zero-order valence-corrected chi connectivity index (χ0v) is 19.4. The lowest BCUT2D eigenvalue weighted by Crippen LogP contribution is -2.56. The van der Waals surface area contributed by atoms with Crippen LogP contribution in [0.3, 0.4) is 0 Å². The van der Waals surface area contributed by atoms with Gasteiger partial charge in [-0.3, -0.25) is 19.4 Å². The fourth-order valence-electron chi connectivity index (χ4n) is 3.37. The molecule has 0 aromatic rings. The van der Waals surface area contributed by atoms with Crippen molar-refractivity contribution >= 4 is 41.4 Å². The van der Waals surface area contributed by atoms with E-state index in [-0.39, 0.29) is 24.8 Å². The first kappa shape index (κ1) is 27.5. The fraction of sp³-hybridized carbons (Fsp3) is 0.737. The van der Waals surface area contributed by atoms with Gasteiger partial charge < -0.3 is 37.8 Å². The number of hydrogen-bond acceptors (Lipinski definition) is 7. The van der Waals surface area contributed by atoms with Crippen LogP contribution >= 0.6 is 11.8 Å². The molecule has 0 aromatic carbocycles. The van der Waals surface area contributed by atoms with Crippen LogP contribution in [0.2, 0.25) is 0 Å². The molecule has 0 aromatic heterocycles. The molecule has 1 saturated heterocycles. The molecule has 13 heteroatoms. The van der Waals surface area contributed by atoms with Crippen molar-refractivity contribution in [3.05, 3.63) is 0 Å². The number of nitrogens with zero attached hydrogens (tertiary/aromatic N) is 2. The van der Waals surface area contributed by atoms with Crippen molar-refractivity contribution in [2.24, 2.45) is 22.2 Å². The Bertz CT molecular complexity index is 700. The van der Waals surface area contributed by atoms with Crippen molar-refractivity contribution in [1.29, 1.82) is 0 Å². The number of likely N-dealkylation sites (tertiary alicyclic amines) is 1. The van der Waals surface area contributed by atoms with Gasteiger partial charge in [-0.25, -0.2) is 4.79 Å². The van der Waals surface area contributed by atoms with E-state index >= 15 is 0 Å². The Balaban J connectivity index is 2.81. The van der Waals surface area contributed by atoms with E-state index in [9.17, 15) is 24.3 Å². The quantitative estimate of drug-likeness (QED) is 0.101. The molecule has 1 heterocycles. The molecule has 4 unspecified atom stereocenters. The van der Waals surface area contributed by atoms with E-state index in [0.717, 1.165) is 0 Å². The molecular formula is C19H35N7O5S. The zero-order valence-electron chi connectivity index (χ0n) is 18.6. The first-order valence-corrected chi connectivity index (χ1v) is 11.9. The summed E-state index contributed by atoms with van der Waals surface area (Å²) in [6.07, 6.45) is 3.79. The maximum atomic E-state index is 12.9. The van der Waals surface area contributed by atoms with E-state index in [2.05, 4.69) is 15.6 Å². The smallest absolute Gasteiger partial charge is 0.326 e. The number of rotatable bonds is 13. The van der Waals surface area contributed by atoms with Crippen molar-refractivity contribution in [3.8, 4) is 0 Å². The molecule has 0 bridgehead atoms. The molecule has 0 spiro atoms. The minimum absolute atomic E-state index is 0.0933. The highest BCUT2D eigenvalue weighted by Gasteiger charge is 2.37. The molecule has 1 rings (SSSR count). The third-order valence-corrected chi connectivity index (χ3v) is 5.68. The first-order valence-electron chi connectivity index (χ1n) is 10.5. The number of carbonyl (C=O) groups excluding carboxylic acids is 3. The number of carboxylic acids is 1. The molecular weight excluding hydrogens is 438 g/mol. The summed E-state index contributed by atoms with van der Waals surface area (Å²) in [5.74, 6) is -2.07. The van der Waals surface area contributed by atoms with E-state index in [1.165, 1.54) is 16.7 Å². The highest BCUT2D eigenvalue weighted by Crippen LogP contribution is 2.19. The summed E-state index contributed by atoms with van der Waals surface area (Å²) in [6, 6.07) is -3.50. The van der Waals surface area contributed by atoms with Crippen molar-refractivity contribution in [1.82, 2.24) is 15.5 Å². The zero-order chi connectivity index (χ0) is 24.3. The van der Waals surface area contributed by atoms with Crippen LogP contribution in [-0.4, -0.2) is 88.9 Å². The monoisotopic (exact) mass is 473 g/mol. The summed E-state index contributed by atoms with van der Waals surface area (Å²) in [5, 5.41) is 14.6. The number of thioether (sulfide) groups is 1. The second kappa shape index (κ2) is 13.8. The number of hydrogen-bond donors (Lipinski definition) is 6. The van der Waals surface area contributed by atoms with Gasteiger partial charge in [0.2, 0.25) is 17.7 Å². The fourth-order valence-corrected chi connectivity index (χ4v) is 3.84. The van der Waals surface area contributed by atoms with E-state index in [0.29, 0.717) is 38.0 Å². The Kier molecular flexibility index (Phi) is 11.8. The van der Waals surface area contributed by atoms with Crippen LogP contribution in [-0.2, 0) is 19.2 Å². The lowest BCUT2D eigenvalue weighted by atomic mass is 10.1. The molecule has 3 amide bonds. The lowest BCUT2D eigenvalue weighted by molar-refractivity contribution is -0.143. The van der Waals surface area contributed by atoms with Crippen LogP contribution in [0.1, 0.15) is 39.0 Å². The predicted octanol–water partition coefficient (Wildman–Crippen LogP) is -1.81. The number of carboxylic acid groups (broad SMARTS) is 1. The van der Waals surface area contributed by atoms with E-state index in [1.54, 1.807) is 6.92 Å². The van der Waals surface area contributed by atoms with Gasteiger partial charge in [0.05, 0.1) is 6.04 Å². The highest BCUT2D eigenvalue weighted by atomic mass is 32.2. The normalized spacial score (nSPS) is 18.3. The first-order chi connectivity index (χ1) is 15.1. The second-order valence-electron chi connectivity index (χ2n) is 7.67. The molecule has 12 nitrogen and oxygen atoms in total. The molecule has 9 N–H and O–H groups in total. The summed E-state index contributed by atoms with van der Waals surface area (Å²) >= 11 is 1.49. The van der Waals surface area contributed by atoms with Gasteiger partial charge in [0, 0.05) is 13.1 Å². The molecule has 182 valence electrons. The van der Waals surface area contributed by atoms with Crippen LogP contribution in [0, 0.1) is 0 Å². The van der Waals surface area contributed by atoms with Gasteiger partial charge in [-0.05, 0) is 51.0 Å². The molecule has 1 fully saturated rings. The summed E-state index contributed by atoms with van der Waals surface area (Å²) < 4.78 is 0. The maximum Gasteiger partial charge on any atom is 0.326 e. The van der Waals surface area contributed by atoms with Crippen molar-refractivity contribution in [2.45, 2.75) is 63.2 Å². The summed E-state index contributed by atoms with van der Waals surface area (Å²) in [4.78, 5) is 54.8.